The van der Waals surface area contributed by atoms with Gasteiger partial charge in [0.2, 0.25) is 0 Å². The topological polar surface area (TPSA) is 81.9 Å². The minimum absolute atomic E-state index is 0.0362. The number of benzene rings is 1. The van der Waals surface area contributed by atoms with Crippen molar-refractivity contribution >= 4 is 29.0 Å². The second-order valence-electron chi connectivity index (χ2n) is 7.30. The van der Waals surface area contributed by atoms with E-state index in [1.165, 1.54) is 0 Å². The van der Waals surface area contributed by atoms with Crippen LogP contribution < -0.4 is 4.90 Å². The predicted octanol–water partition coefficient (Wildman–Crippen LogP) is 4.50. The van der Waals surface area contributed by atoms with Gasteiger partial charge in [-0.25, -0.2) is 9.59 Å². The number of hydrogen-bond donors (Lipinski definition) is 0. The van der Waals surface area contributed by atoms with Crippen LogP contribution in [0.1, 0.15) is 41.5 Å². The Bertz CT molecular complexity index is 724. The minimum Gasteiger partial charge on any atom is -0.443 e. The first-order chi connectivity index (χ1) is 11.0. The van der Waals surface area contributed by atoms with Gasteiger partial charge in [0.05, 0.1) is 5.39 Å². The number of rotatable bonds is 1. The third-order valence-electron chi connectivity index (χ3n) is 2.72. The number of ether oxygens (including phenoxy) is 2. The highest BCUT2D eigenvalue weighted by Crippen LogP contribution is 2.28. The van der Waals surface area contributed by atoms with E-state index in [4.69, 9.17) is 14.0 Å². The van der Waals surface area contributed by atoms with Crippen molar-refractivity contribution in [1.29, 1.82) is 0 Å². The summed E-state index contributed by atoms with van der Waals surface area (Å²) < 4.78 is 15.8. The normalized spacial score (nSPS) is 12.1. The summed E-state index contributed by atoms with van der Waals surface area (Å²) in [5.41, 5.74) is -1.11. The molecule has 1 aromatic carbocycles. The van der Waals surface area contributed by atoms with Crippen molar-refractivity contribution in [3.8, 4) is 0 Å². The van der Waals surface area contributed by atoms with Crippen LogP contribution in [-0.4, -0.2) is 28.5 Å². The van der Waals surface area contributed by atoms with Crippen LogP contribution in [0.5, 0.6) is 0 Å². The molecule has 1 heterocycles. The Labute approximate surface area is 140 Å². The summed E-state index contributed by atoms with van der Waals surface area (Å²) in [4.78, 5) is 25.9. The number of amides is 2. The van der Waals surface area contributed by atoms with Gasteiger partial charge >= 0.3 is 12.2 Å². The summed E-state index contributed by atoms with van der Waals surface area (Å²) >= 11 is 0. The molecule has 7 heteroatoms. The van der Waals surface area contributed by atoms with Crippen LogP contribution in [0, 0.1) is 0 Å². The zero-order chi connectivity index (χ0) is 18.1. The largest absolute Gasteiger partial charge is 0.443 e. The Morgan fingerprint density at radius 1 is 0.958 bits per heavy atom. The number of nitrogens with zero attached hydrogens (tertiary/aromatic N) is 2. The van der Waals surface area contributed by atoms with E-state index in [0.717, 1.165) is 4.90 Å². The summed E-state index contributed by atoms with van der Waals surface area (Å²) in [5, 5.41) is 4.36. The molecule has 0 radical (unpaired) electrons. The Hall–Kier alpha value is -2.57. The van der Waals surface area contributed by atoms with Gasteiger partial charge in [-0.05, 0) is 53.7 Å². The minimum atomic E-state index is -0.879. The molecule has 24 heavy (non-hydrogen) atoms. The molecular formula is C17H22N2O5. The van der Waals surface area contributed by atoms with E-state index in [0.29, 0.717) is 11.0 Å². The van der Waals surface area contributed by atoms with Crippen LogP contribution in [-0.2, 0) is 9.47 Å². The van der Waals surface area contributed by atoms with E-state index in [2.05, 4.69) is 5.16 Å². The molecule has 0 aliphatic carbocycles. The maximum absolute atomic E-state index is 12.5. The van der Waals surface area contributed by atoms with E-state index in [1.54, 1.807) is 65.8 Å². The van der Waals surface area contributed by atoms with Crippen LogP contribution in [0.25, 0.3) is 11.0 Å². The third kappa shape index (κ3) is 4.24. The molecule has 1 aromatic heterocycles. The lowest BCUT2D eigenvalue weighted by Gasteiger charge is -2.27. The first-order valence-corrected chi connectivity index (χ1v) is 7.58. The third-order valence-corrected chi connectivity index (χ3v) is 2.72. The average Bonchev–Trinajstić information content (AvgIpc) is 2.79. The molecule has 0 fully saturated rings. The lowest BCUT2D eigenvalue weighted by atomic mass is 10.2. The zero-order valence-corrected chi connectivity index (χ0v) is 14.7. The molecule has 0 saturated carbocycles. The quantitative estimate of drug-likeness (QED) is 0.763. The molecule has 0 bridgehead atoms. The van der Waals surface area contributed by atoms with Gasteiger partial charge in [0.25, 0.3) is 0 Å². The Morgan fingerprint density at radius 3 is 1.96 bits per heavy atom. The van der Waals surface area contributed by atoms with Gasteiger partial charge in [-0.2, -0.15) is 4.90 Å². The molecule has 7 nitrogen and oxygen atoms in total. The van der Waals surface area contributed by atoms with Gasteiger partial charge < -0.3 is 14.0 Å². The fourth-order valence-electron chi connectivity index (χ4n) is 1.90. The maximum atomic E-state index is 12.5. The van der Waals surface area contributed by atoms with Gasteiger partial charge in [-0.1, -0.05) is 17.3 Å². The number of hydrogen-bond acceptors (Lipinski definition) is 6. The van der Waals surface area contributed by atoms with Crippen molar-refractivity contribution < 1.29 is 23.6 Å². The summed E-state index contributed by atoms with van der Waals surface area (Å²) in [6, 6.07) is 6.91. The number of carbonyl (C=O) groups excluding carboxylic acids is 2. The van der Waals surface area contributed by atoms with Gasteiger partial charge in [0.1, 0.15) is 11.2 Å². The molecule has 2 aromatic rings. The van der Waals surface area contributed by atoms with Gasteiger partial charge in [0.15, 0.2) is 11.4 Å². The number of carbonyl (C=O) groups is 2. The van der Waals surface area contributed by atoms with Crippen molar-refractivity contribution in [3.05, 3.63) is 24.3 Å². The zero-order valence-electron chi connectivity index (χ0n) is 14.7. The molecule has 0 atom stereocenters. The maximum Gasteiger partial charge on any atom is 0.425 e. The lowest BCUT2D eigenvalue weighted by molar-refractivity contribution is 0.0428. The van der Waals surface area contributed by atoms with Crippen molar-refractivity contribution in [2.24, 2.45) is 0 Å². The van der Waals surface area contributed by atoms with Gasteiger partial charge in [-0.15, -0.1) is 0 Å². The molecule has 0 spiro atoms. The first kappa shape index (κ1) is 17.8. The smallest absolute Gasteiger partial charge is 0.425 e. The van der Waals surface area contributed by atoms with Crippen molar-refractivity contribution in [2.45, 2.75) is 52.7 Å². The van der Waals surface area contributed by atoms with E-state index >= 15 is 0 Å². The van der Waals surface area contributed by atoms with Crippen LogP contribution in [0.3, 0.4) is 0 Å². The number of aromatic nitrogens is 1. The highest BCUT2D eigenvalue weighted by atomic mass is 16.6. The standard InChI is InChI=1S/C17H22N2O5/c1-16(2,3)22-14(20)19(15(21)23-17(4,5)6)13-11-9-7-8-10-12(11)24-18-13/h7-10H,1-6H3. The second-order valence-corrected chi connectivity index (χ2v) is 7.30. The number of anilines is 1. The lowest BCUT2D eigenvalue weighted by Crippen LogP contribution is -2.44. The van der Waals surface area contributed by atoms with Crippen LogP contribution >= 0.6 is 0 Å². The van der Waals surface area contributed by atoms with E-state index < -0.39 is 23.4 Å². The molecule has 2 rings (SSSR count). The molecule has 0 aliphatic heterocycles. The highest BCUT2D eigenvalue weighted by molar-refractivity contribution is 6.13. The Morgan fingerprint density at radius 2 is 1.46 bits per heavy atom. The van der Waals surface area contributed by atoms with E-state index in [-0.39, 0.29) is 5.82 Å². The second kappa shape index (κ2) is 6.14. The summed E-state index contributed by atoms with van der Waals surface area (Å²) in [6.07, 6.45) is -1.76. The predicted molar refractivity (Wildman–Crippen MR) is 89.0 cm³/mol. The van der Waals surface area contributed by atoms with Crippen molar-refractivity contribution in [1.82, 2.24) is 5.16 Å². The number of fused-ring (bicyclic) bond motifs is 1. The fraction of sp³-hybridized carbons (Fsp3) is 0.471. The van der Waals surface area contributed by atoms with Gasteiger partial charge in [0, 0.05) is 0 Å². The van der Waals surface area contributed by atoms with E-state index in [1.807, 2.05) is 0 Å². The number of imide groups is 1. The summed E-state index contributed by atoms with van der Waals surface area (Å²) in [7, 11) is 0. The monoisotopic (exact) mass is 334 g/mol. The van der Waals surface area contributed by atoms with E-state index in [9.17, 15) is 9.59 Å². The molecule has 0 unspecified atom stereocenters. The molecule has 130 valence electrons. The Balaban J connectivity index is 2.46. The highest BCUT2D eigenvalue weighted by Gasteiger charge is 2.35. The van der Waals surface area contributed by atoms with Crippen LogP contribution in [0.2, 0.25) is 0 Å². The SMILES string of the molecule is CC(C)(C)OC(=O)N(C(=O)OC(C)(C)C)c1noc2ccccc12. The van der Waals surface area contributed by atoms with Gasteiger partial charge in [-0.3, -0.25) is 0 Å². The average molecular weight is 334 g/mol. The molecule has 2 amide bonds. The summed E-state index contributed by atoms with van der Waals surface area (Å²) in [6.45, 7) is 10.2. The molecular weight excluding hydrogens is 312 g/mol. The molecule has 0 N–H and O–H groups in total. The first-order valence-electron chi connectivity index (χ1n) is 7.58. The molecule has 0 saturated heterocycles. The van der Waals surface area contributed by atoms with Crippen LogP contribution in [0.4, 0.5) is 15.4 Å². The fourth-order valence-corrected chi connectivity index (χ4v) is 1.90. The van der Waals surface area contributed by atoms with Crippen LogP contribution in [0.15, 0.2) is 28.8 Å². The Kier molecular flexibility index (Phi) is 4.55. The van der Waals surface area contributed by atoms with Crippen molar-refractivity contribution in [3.63, 3.8) is 0 Å². The molecule has 0 aliphatic rings. The van der Waals surface area contributed by atoms with Crippen molar-refractivity contribution in [2.75, 3.05) is 4.90 Å². The summed E-state index contributed by atoms with van der Waals surface area (Å²) in [5.74, 6) is 0.0362. The number of para-hydroxylation sites is 1.